The molecule has 122 valence electrons. The third-order valence-corrected chi connectivity index (χ3v) is 4.77. The second-order valence-corrected chi connectivity index (χ2v) is 7.21. The lowest BCUT2D eigenvalue weighted by atomic mass is 9.92. The molecule has 1 amide bonds. The maximum atomic E-state index is 12.0. The lowest BCUT2D eigenvalue weighted by Crippen LogP contribution is -2.46. The molecule has 2 unspecified atom stereocenters. The van der Waals surface area contributed by atoms with Gasteiger partial charge in [0.25, 0.3) is 0 Å². The molecule has 0 aromatic rings. The molecule has 0 aromatic heterocycles. The van der Waals surface area contributed by atoms with Crippen molar-refractivity contribution in [3.05, 3.63) is 0 Å². The van der Waals surface area contributed by atoms with Gasteiger partial charge in [-0.3, -0.25) is 4.79 Å². The molecule has 2 aliphatic rings. The minimum absolute atomic E-state index is 0.0579. The maximum absolute atomic E-state index is 12.0. The highest BCUT2D eigenvalue weighted by Gasteiger charge is 2.21. The molecule has 2 aliphatic heterocycles. The number of piperidine rings is 2. The Kier molecular flexibility index (Phi) is 6.97. The number of nitrogens with one attached hydrogen (secondary N) is 2. The molecule has 4 heteroatoms. The first-order valence-corrected chi connectivity index (χ1v) is 8.88. The molecular weight excluding hydrogens is 262 g/mol. The van der Waals surface area contributed by atoms with Crippen LogP contribution in [0.1, 0.15) is 52.4 Å². The summed E-state index contributed by atoms with van der Waals surface area (Å²) in [6.45, 7) is 10.2. The van der Waals surface area contributed by atoms with E-state index in [4.69, 9.17) is 0 Å². The number of nitrogens with zero attached hydrogens (tertiary/aromatic N) is 1. The number of unbranched alkanes of at least 4 members (excludes halogenated alkanes) is 1. The number of amides is 1. The van der Waals surface area contributed by atoms with Crippen LogP contribution >= 0.6 is 0 Å². The lowest BCUT2D eigenvalue weighted by Gasteiger charge is -2.35. The highest BCUT2D eigenvalue weighted by Crippen LogP contribution is 2.20. The molecular formula is C17H33N3O. The molecule has 3 atom stereocenters. The summed E-state index contributed by atoms with van der Waals surface area (Å²) in [5, 5.41) is 6.39. The fraction of sp³-hybridized carbons (Fsp3) is 0.941. The van der Waals surface area contributed by atoms with Gasteiger partial charge in [0, 0.05) is 19.6 Å². The van der Waals surface area contributed by atoms with E-state index in [1.54, 1.807) is 0 Å². The molecule has 0 bridgehead atoms. The van der Waals surface area contributed by atoms with Crippen LogP contribution in [0.2, 0.25) is 0 Å². The maximum Gasteiger partial charge on any atom is 0.237 e. The SMILES string of the molecule is CC1CC(C)CN(CCCCNC(=O)[C@H]2CCCCN2)C1. The van der Waals surface area contributed by atoms with Crippen LogP contribution in [0.4, 0.5) is 0 Å². The van der Waals surface area contributed by atoms with Crippen LogP contribution in [-0.4, -0.2) is 49.6 Å². The van der Waals surface area contributed by atoms with E-state index < -0.39 is 0 Å². The predicted molar refractivity (Wildman–Crippen MR) is 87.3 cm³/mol. The van der Waals surface area contributed by atoms with Gasteiger partial charge in [-0.1, -0.05) is 20.3 Å². The summed E-state index contributed by atoms with van der Waals surface area (Å²) in [5.74, 6) is 1.88. The zero-order chi connectivity index (χ0) is 15.1. The van der Waals surface area contributed by atoms with Gasteiger partial charge in [0.1, 0.15) is 0 Å². The molecule has 21 heavy (non-hydrogen) atoms. The van der Waals surface area contributed by atoms with E-state index in [1.807, 2.05) is 0 Å². The van der Waals surface area contributed by atoms with E-state index in [0.29, 0.717) is 0 Å². The fourth-order valence-electron chi connectivity index (χ4n) is 3.85. The summed E-state index contributed by atoms with van der Waals surface area (Å²) in [5.41, 5.74) is 0. The molecule has 2 saturated heterocycles. The van der Waals surface area contributed by atoms with E-state index in [9.17, 15) is 4.79 Å². The second-order valence-electron chi connectivity index (χ2n) is 7.21. The van der Waals surface area contributed by atoms with Gasteiger partial charge in [0.15, 0.2) is 0 Å². The largest absolute Gasteiger partial charge is 0.355 e. The van der Waals surface area contributed by atoms with Gasteiger partial charge in [-0.15, -0.1) is 0 Å². The fourth-order valence-corrected chi connectivity index (χ4v) is 3.85. The molecule has 4 nitrogen and oxygen atoms in total. The Morgan fingerprint density at radius 3 is 2.62 bits per heavy atom. The van der Waals surface area contributed by atoms with Crippen LogP contribution in [0.3, 0.4) is 0 Å². The topological polar surface area (TPSA) is 44.4 Å². The first-order chi connectivity index (χ1) is 10.1. The van der Waals surface area contributed by atoms with Crippen LogP contribution in [-0.2, 0) is 4.79 Å². The van der Waals surface area contributed by atoms with E-state index in [1.165, 1.54) is 45.3 Å². The van der Waals surface area contributed by atoms with Gasteiger partial charge in [-0.2, -0.15) is 0 Å². The first kappa shape index (κ1) is 16.8. The number of carbonyl (C=O) groups excluding carboxylic acids is 1. The highest BCUT2D eigenvalue weighted by molar-refractivity contribution is 5.81. The van der Waals surface area contributed by atoms with Crippen molar-refractivity contribution in [1.82, 2.24) is 15.5 Å². The molecule has 2 rings (SSSR count). The van der Waals surface area contributed by atoms with Crippen molar-refractivity contribution in [3.8, 4) is 0 Å². The predicted octanol–water partition coefficient (Wildman–Crippen LogP) is 2.00. The zero-order valence-corrected chi connectivity index (χ0v) is 13.9. The zero-order valence-electron chi connectivity index (χ0n) is 13.9. The van der Waals surface area contributed by atoms with Gasteiger partial charge in [0.2, 0.25) is 5.91 Å². The van der Waals surface area contributed by atoms with E-state index >= 15 is 0 Å². The number of carbonyl (C=O) groups is 1. The minimum Gasteiger partial charge on any atom is -0.355 e. The van der Waals surface area contributed by atoms with Gasteiger partial charge in [0.05, 0.1) is 6.04 Å². The average Bonchev–Trinajstić information content (AvgIpc) is 2.46. The van der Waals surface area contributed by atoms with Gasteiger partial charge < -0.3 is 15.5 Å². The van der Waals surface area contributed by atoms with Crippen molar-refractivity contribution in [2.45, 2.75) is 58.4 Å². The molecule has 2 N–H and O–H groups in total. The monoisotopic (exact) mass is 295 g/mol. The number of hydrogen-bond donors (Lipinski definition) is 2. The molecule has 0 radical (unpaired) electrons. The smallest absolute Gasteiger partial charge is 0.237 e. The Hall–Kier alpha value is -0.610. The summed E-state index contributed by atoms with van der Waals surface area (Å²) in [4.78, 5) is 14.6. The van der Waals surface area contributed by atoms with E-state index in [2.05, 4.69) is 29.4 Å². The first-order valence-electron chi connectivity index (χ1n) is 8.88. The molecule has 2 heterocycles. The van der Waals surface area contributed by atoms with Crippen molar-refractivity contribution in [3.63, 3.8) is 0 Å². The summed E-state index contributed by atoms with van der Waals surface area (Å²) >= 11 is 0. The summed E-state index contributed by atoms with van der Waals surface area (Å²) in [6, 6.07) is 0.0579. The van der Waals surface area contributed by atoms with Gasteiger partial charge in [-0.05, 0) is 57.0 Å². The van der Waals surface area contributed by atoms with Gasteiger partial charge in [-0.25, -0.2) is 0 Å². The summed E-state index contributed by atoms with van der Waals surface area (Å²) in [6.07, 6.45) is 7.04. The Bertz CT molecular complexity index is 305. The van der Waals surface area contributed by atoms with Crippen molar-refractivity contribution in [1.29, 1.82) is 0 Å². The number of likely N-dealkylation sites (tertiary alicyclic amines) is 1. The number of rotatable bonds is 6. The van der Waals surface area contributed by atoms with E-state index in [0.717, 1.165) is 37.8 Å². The summed E-state index contributed by atoms with van der Waals surface area (Å²) < 4.78 is 0. The standard InChI is InChI=1S/C17H33N3O/c1-14-11-15(2)13-20(12-14)10-6-5-9-19-17(21)16-7-3-4-8-18-16/h14-16,18H,3-13H2,1-2H3,(H,19,21)/t14?,15?,16-/m1/s1. The molecule has 0 spiro atoms. The van der Waals surface area contributed by atoms with Crippen molar-refractivity contribution in [2.75, 3.05) is 32.7 Å². The highest BCUT2D eigenvalue weighted by atomic mass is 16.2. The average molecular weight is 295 g/mol. The molecule has 2 fully saturated rings. The minimum atomic E-state index is 0.0579. The van der Waals surface area contributed by atoms with Crippen LogP contribution in [0, 0.1) is 11.8 Å². The van der Waals surface area contributed by atoms with Crippen LogP contribution in [0.25, 0.3) is 0 Å². The van der Waals surface area contributed by atoms with Crippen molar-refractivity contribution in [2.24, 2.45) is 11.8 Å². The van der Waals surface area contributed by atoms with Crippen molar-refractivity contribution < 1.29 is 4.79 Å². The normalized spacial score (nSPS) is 31.0. The van der Waals surface area contributed by atoms with Crippen molar-refractivity contribution >= 4 is 5.91 Å². The Morgan fingerprint density at radius 2 is 1.95 bits per heavy atom. The Labute approximate surface area is 130 Å². The Balaban J connectivity index is 1.52. The second kappa shape index (κ2) is 8.74. The summed E-state index contributed by atoms with van der Waals surface area (Å²) in [7, 11) is 0. The third-order valence-electron chi connectivity index (χ3n) is 4.77. The molecule has 0 aromatic carbocycles. The van der Waals surface area contributed by atoms with Gasteiger partial charge >= 0.3 is 0 Å². The lowest BCUT2D eigenvalue weighted by molar-refractivity contribution is -0.123. The number of hydrogen-bond acceptors (Lipinski definition) is 3. The molecule has 0 aliphatic carbocycles. The Morgan fingerprint density at radius 1 is 1.19 bits per heavy atom. The van der Waals surface area contributed by atoms with E-state index in [-0.39, 0.29) is 11.9 Å². The van der Waals surface area contributed by atoms with Crippen LogP contribution in [0.5, 0.6) is 0 Å². The quantitative estimate of drug-likeness (QED) is 0.737. The molecule has 0 saturated carbocycles. The van der Waals surface area contributed by atoms with Crippen LogP contribution in [0.15, 0.2) is 0 Å². The third kappa shape index (κ3) is 5.95. The van der Waals surface area contributed by atoms with Crippen LogP contribution < -0.4 is 10.6 Å².